The summed E-state index contributed by atoms with van der Waals surface area (Å²) in [5, 5.41) is 15.2. The summed E-state index contributed by atoms with van der Waals surface area (Å²) in [6.45, 7) is 0. The Morgan fingerprint density at radius 2 is 2.00 bits per heavy atom. The number of aromatic nitrogens is 3. The molecule has 0 saturated carbocycles. The van der Waals surface area contributed by atoms with Crippen molar-refractivity contribution in [3.05, 3.63) is 63.7 Å². The van der Waals surface area contributed by atoms with Crippen molar-refractivity contribution in [2.24, 2.45) is 7.05 Å². The number of anilines is 2. The molecule has 1 N–H and O–H groups in total. The molecule has 0 aliphatic heterocycles. The molecule has 11 heteroatoms. The summed E-state index contributed by atoms with van der Waals surface area (Å²) in [4.78, 5) is 18.9. The van der Waals surface area contributed by atoms with Gasteiger partial charge in [-0.25, -0.2) is 9.97 Å². The van der Waals surface area contributed by atoms with E-state index in [2.05, 4.69) is 15.3 Å². The van der Waals surface area contributed by atoms with E-state index in [1.807, 2.05) is 36.0 Å². The number of aryl methyl sites for hydroxylation is 1. The molecule has 0 unspecified atom stereocenters. The van der Waals surface area contributed by atoms with E-state index in [0.717, 1.165) is 28.6 Å². The largest absolute Gasteiger partial charge is 0.497 e. The Labute approximate surface area is 186 Å². The number of nitrogens with one attached hydrogen (secondary N) is 1. The molecule has 164 valence electrons. The number of ether oxygens (including phenoxy) is 2. The molecule has 4 aromatic rings. The molecular formula is C21H17ClFN5O4. The highest BCUT2D eigenvalue weighted by Crippen LogP contribution is 2.37. The second-order valence-corrected chi connectivity index (χ2v) is 7.22. The molecule has 0 atom stereocenters. The summed E-state index contributed by atoms with van der Waals surface area (Å²) in [5.74, 6) is -0.132. The van der Waals surface area contributed by atoms with Gasteiger partial charge in [-0.3, -0.25) is 10.1 Å². The van der Waals surface area contributed by atoms with E-state index in [9.17, 15) is 14.5 Å². The van der Waals surface area contributed by atoms with E-state index in [1.165, 1.54) is 13.3 Å². The number of methoxy groups -OCH3 is 2. The lowest BCUT2D eigenvalue weighted by Gasteiger charge is -2.11. The molecule has 2 heterocycles. The lowest BCUT2D eigenvalue weighted by atomic mass is 10.1. The van der Waals surface area contributed by atoms with Crippen molar-refractivity contribution in [2.45, 2.75) is 0 Å². The van der Waals surface area contributed by atoms with Crippen LogP contribution in [-0.4, -0.2) is 33.7 Å². The van der Waals surface area contributed by atoms with Crippen LogP contribution >= 0.6 is 11.6 Å². The van der Waals surface area contributed by atoms with Gasteiger partial charge in [0.1, 0.15) is 11.5 Å². The van der Waals surface area contributed by atoms with Gasteiger partial charge in [-0.05, 0) is 12.1 Å². The van der Waals surface area contributed by atoms with E-state index in [0.29, 0.717) is 16.5 Å². The van der Waals surface area contributed by atoms with Crippen LogP contribution in [0.15, 0.2) is 42.7 Å². The minimum Gasteiger partial charge on any atom is -0.497 e. The molecule has 2 aromatic carbocycles. The van der Waals surface area contributed by atoms with Gasteiger partial charge in [-0.2, -0.15) is 4.39 Å². The first-order valence-electron chi connectivity index (χ1n) is 9.27. The number of hydrogen-bond acceptors (Lipinski definition) is 7. The highest BCUT2D eigenvalue weighted by Gasteiger charge is 2.20. The second-order valence-electron chi connectivity index (χ2n) is 6.81. The zero-order valence-corrected chi connectivity index (χ0v) is 18.0. The van der Waals surface area contributed by atoms with Crippen LogP contribution in [0.25, 0.3) is 22.2 Å². The maximum Gasteiger partial charge on any atom is 0.307 e. The molecule has 0 saturated heterocycles. The number of nitro groups is 1. The number of rotatable bonds is 6. The Hall–Kier alpha value is -3.92. The van der Waals surface area contributed by atoms with Crippen LogP contribution in [-0.2, 0) is 7.05 Å². The fraction of sp³-hybridized carbons (Fsp3) is 0.143. The van der Waals surface area contributed by atoms with Gasteiger partial charge in [0.2, 0.25) is 11.8 Å². The predicted molar refractivity (Wildman–Crippen MR) is 118 cm³/mol. The number of halogens is 2. The van der Waals surface area contributed by atoms with Gasteiger partial charge in [0.15, 0.2) is 0 Å². The van der Waals surface area contributed by atoms with Gasteiger partial charge in [0.25, 0.3) is 0 Å². The van der Waals surface area contributed by atoms with Gasteiger partial charge in [0.05, 0.1) is 47.3 Å². The van der Waals surface area contributed by atoms with E-state index < -0.39 is 16.4 Å². The fourth-order valence-electron chi connectivity index (χ4n) is 3.37. The molecule has 0 amide bonds. The van der Waals surface area contributed by atoms with Gasteiger partial charge >= 0.3 is 5.69 Å². The Balaban J connectivity index is 1.79. The first-order valence-corrected chi connectivity index (χ1v) is 9.65. The minimum absolute atomic E-state index is 0.0606. The van der Waals surface area contributed by atoms with Gasteiger partial charge in [-0.1, -0.05) is 11.6 Å². The van der Waals surface area contributed by atoms with Crippen molar-refractivity contribution in [2.75, 3.05) is 19.5 Å². The Bertz CT molecular complexity index is 1360. The number of benzene rings is 2. The minimum atomic E-state index is -1.01. The van der Waals surface area contributed by atoms with E-state index in [-0.39, 0.29) is 17.4 Å². The molecule has 0 bridgehead atoms. The van der Waals surface area contributed by atoms with Crippen molar-refractivity contribution in [3.8, 4) is 22.8 Å². The first kappa shape index (κ1) is 21.3. The molecule has 0 radical (unpaired) electrons. The normalized spacial score (nSPS) is 10.9. The molecule has 0 aliphatic rings. The molecule has 0 fully saturated rings. The van der Waals surface area contributed by atoms with Crippen molar-refractivity contribution < 1.29 is 18.8 Å². The number of nitro benzene ring substituents is 1. The van der Waals surface area contributed by atoms with Crippen molar-refractivity contribution in [3.63, 3.8) is 0 Å². The monoisotopic (exact) mass is 457 g/mol. The highest BCUT2D eigenvalue weighted by molar-refractivity contribution is 6.33. The summed E-state index contributed by atoms with van der Waals surface area (Å²) in [5.41, 5.74) is 1.56. The smallest absolute Gasteiger partial charge is 0.307 e. The van der Waals surface area contributed by atoms with Crippen LogP contribution in [0.2, 0.25) is 5.02 Å². The summed E-state index contributed by atoms with van der Waals surface area (Å²) >= 11 is 6.40. The predicted octanol–water partition coefficient (Wildman–Crippen LogP) is 5.10. The Morgan fingerprint density at radius 3 is 2.69 bits per heavy atom. The third-order valence-electron chi connectivity index (χ3n) is 4.91. The maximum atomic E-state index is 13.9. The maximum absolute atomic E-state index is 13.9. The highest BCUT2D eigenvalue weighted by atomic mass is 35.5. The average molecular weight is 458 g/mol. The van der Waals surface area contributed by atoms with Crippen LogP contribution in [0.3, 0.4) is 0 Å². The SMILES string of the molecule is COc1ccc2c(-c3nc(Nc4cc([N+](=O)[O-])c(F)cc4OC)ncc3Cl)cn(C)c2c1. The summed E-state index contributed by atoms with van der Waals surface area (Å²) in [6, 6.07) is 7.59. The summed E-state index contributed by atoms with van der Waals surface area (Å²) < 4.78 is 26.3. The van der Waals surface area contributed by atoms with Crippen LogP contribution in [0.4, 0.5) is 21.7 Å². The lowest BCUT2D eigenvalue weighted by molar-refractivity contribution is -0.387. The summed E-state index contributed by atoms with van der Waals surface area (Å²) in [7, 11) is 4.81. The molecular weight excluding hydrogens is 441 g/mol. The van der Waals surface area contributed by atoms with Crippen LogP contribution in [0.5, 0.6) is 11.5 Å². The molecule has 0 aliphatic carbocycles. The van der Waals surface area contributed by atoms with Crippen LogP contribution < -0.4 is 14.8 Å². The van der Waals surface area contributed by atoms with Gasteiger partial charge < -0.3 is 19.4 Å². The zero-order valence-electron chi connectivity index (χ0n) is 17.2. The standard InChI is InChI=1S/C21H17ClFN5O4/c1-27-10-13(12-5-4-11(31-2)6-17(12)27)20-14(22)9-24-21(26-20)25-16-8-18(28(29)30)15(23)7-19(16)32-3/h4-10H,1-3H3,(H,24,25,26). The van der Waals surface area contributed by atoms with E-state index in [1.54, 1.807) is 7.11 Å². The molecule has 0 spiro atoms. The summed E-state index contributed by atoms with van der Waals surface area (Å²) in [6.07, 6.45) is 3.30. The number of hydrogen-bond donors (Lipinski definition) is 1. The van der Waals surface area contributed by atoms with Crippen LogP contribution in [0.1, 0.15) is 0 Å². The van der Waals surface area contributed by atoms with E-state index in [4.69, 9.17) is 21.1 Å². The van der Waals surface area contributed by atoms with Crippen molar-refractivity contribution in [1.82, 2.24) is 14.5 Å². The first-order chi connectivity index (χ1) is 15.3. The lowest BCUT2D eigenvalue weighted by Crippen LogP contribution is -2.03. The molecule has 9 nitrogen and oxygen atoms in total. The number of nitrogens with zero attached hydrogens (tertiary/aromatic N) is 4. The zero-order chi connectivity index (χ0) is 23.0. The molecule has 32 heavy (non-hydrogen) atoms. The van der Waals surface area contributed by atoms with Crippen LogP contribution in [0, 0.1) is 15.9 Å². The fourth-order valence-corrected chi connectivity index (χ4v) is 3.56. The average Bonchev–Trinajstić information content (AvgIpc) is 3.11. The van der Waals surface area contributed by atoms with E-state index >= 15 is 0 Å². The van der Waals surface area contributed by atoms with Crippen molar-refractivity contribution >= 4 is 39.8 Å². The van der Waals surface area contributed by atoms with Gasteiger partial charge in [-0.15, -0.1) is 0 Å². The van der Waals surface area contributed by atoms with Gasteiger partial charge in [0, 0.05) is 42.4 Å². The third kappa shape index (κ3) is 3.76. The third-order valence-corrected chi connectivity index (χ3v) is 5.19. The second kappa shape index (κ2) is 8.31. The quantitative estimate of drug-likeness (QED) is 0.317. The Kier molecular flexibility index (Phi) is 5.54. The van der Waals surface area contributed by atoms with Crippen molar-refractivity contribution in [1.29, 1.82) is 0 Å². The topological polar surface area (TPSA) is 104 Å². The molecule has 2 aromatic heterocycles. The molecule has 4 rings (SSSR count). The Morgan fingerprint density at radius 1 is 1.22 bits per heavy atom. The number of fused-ring (bicyclic) bond motifs is 1.